The zero-order chi connectivity index (χ0) is 11.3. The minimum atomic E-state index is -0.684. The van der Waals surface area contributed by atoms with Crippen LogP contribution in [0.3, 0.4) is 0 Å². The third kappa shape index (κ3) is 5.64. The van der Waals surface area contributed by atoms with Crippen LogP contribution in [0.5, 0.6) is 0 Å². The molecule has 0 bridgehead atoms. The molecule has 1 fully saturated rings. The summed E-state index contributed by atoms with van der Waals surface area (Å²) < 4.78 is 11.1. The normalized spacial score (nSPS) is 28.3. The molecule has 1 saturated heterocycles. The Kier molecular flexibility index (Phi) is 5.79. The monoisotopic (exact) mass is 232 g/mol. The SMILES string of the molecule is CC(CS(C)=O)NC1CCCN(C)CC1. The van der Waals surface area contributed by atoms with Crippen molar-refractivity contribution in [2.45, 2.75) is 38.3 Å². The Hall–Kier alpha value is 0.0700. The van der Waals surface area contributed by atoms with Gasteiger partial charge in [0.25, 0.3) is 0 Å². The first-order valence-corrected chi connectivity index (χ1v) is 7.55. The number of nitrogens with one attached hydrogen (secondary N) is 1. The van der Waals surface area contributed by atoms with E-state index in [2.05, 4.69) is 24.2 Å². The molecule has 0 aromatic carbocycles. The van der Waals surface area contributed by atoms with Crippen LogP contribution in [-0.4, -0.2) is 53.3 Å². The molecule has 1 heterocycles. The van der Waals surface area contributed by atoms with Gasteiger partial charge in [-0.05, 0) is 46.3 Å². The van der Waals surface area contributed by atoms with Crippen LogP contribution in [0.2, 0.25) is 0 Å². The first-order chi connectivity index (χ1) is 7.08. The van der Waals surface area contributed by atoms with Gasteiger partial charge in [0.05, 0.1) is 0 Å². The molecule has 90 valence electrons. The van der Waals surface area contributed by atoms with E-state index in [9.17, 15) is 4.21 Å². The smallest absolute Gasteiger partial charge is 0.0383 e. The molecular formula is C11H24N2OS. The van der Waals surface area contributed by atoms with Gasteiger partial charge in [0, 0.05) is 34.9 Å². The van der Waals surface area contributed by atoms with E-state index < -0.39 is 10.8 Å². The van der Waals surface area contributed by atoms with Crippen LogP contribution in [-0.2, 0) is 10.8 Å². The molecule has 1 N–H and O–H groups in total. The lowest BCUT2D eigenvalue weighted by Gasteiger charge is -2.21. The fourth-order valence-electron chi connectivity index (χ4n) is 2.21. The van der Waals surface area contributed by atoms with Crippen molar-refractivity contribution >= 4 is 10.8 Å². The number of rotatable bonds is 4. The second-order valence-electron chi connectivity index (χ2n) is 4.74. The van der Waals surface area contributed by atoms with Crippen molar-refractivity contribution < 1.29 is 4.21 Å². The topological polar surface area (TPSA) is 32.3 Å². The highest BCUT2D eigenvalue weighted by Gasteiger charge is 2.16. The molecule has 4 heteroatoms. The minimum Gasteiger partial charge on any atom is -0.311 e. The van der Waals surface area contributed by atoms with Gasteiger partial charge >= 0.3 is 0 Å². The van der Waals surface area contributed by atoms with E-state index in [0.29, 0.717) is 12.1 Å². The van der Waals surface area contributed by atoms with Crippen LogP contribution in [0, 0.1) is 0 Å². The quantitative estimate of drug-likeness (QED) is 0.779. The third-order valence-electron chi connectivity index (χ3n) is 2.96. The standard InChI is InChI=1S/C11H24N2OS/c1-10(9-15(3)14)12-11-5-4-7-13(2)8-6-11/h10-12H,4-9H2,1-3H3. The Bertz CT molecular complexity index is 211. The average Bonchev–Trinajstić information content (AvgIpc) is 2.29. The molecule has 0 aromatic heterocycles. The lowest BCUT2D eigenvalue weighted by molar-refractivity contribution is 0.341. The van der Waals surface area contributed by atoms with Crippen molar-refractivity contribution in [2.75, 3.05) is 32.1 Å². The molecule has 1 aliphatic rings. The molecule has 0 radical (unpaired) electrons. The van der Waals surface area contributed by atoms with E-state index in [1.807, 2.05) is 0 Å². The Morgan fingerprint density at radius 2 is 2.20 bits per heavy atom. The summed E-state index contributed by atoms with van der Waals surface area (Å²) in [5.41, 5.74) is 0. The minimum absolute atomic E-state index is 0.379. The molecule has 0 saturated carbocycles. The highest BCUT2D eigenvalue weighted by molar-refractivity contribution is 7.84. The second kappa shape index (κ2) is 6.61. The average molecular weight is 232 g/mol. The van der Waals surface area contributed by atoms with Crippen LogP contribution in [0.4, 0.5) is 0 Å². The Balaban J connectivity index is 2.27. The maximum absolute atomic E-state index is 11.1. The van der Waals surface area contributed by atoms with Crippen molar-refractivity contribution in [1.82, 2.24) is 10.2 Å². The highest BCUT2D eigenvalue weighted by Crippen LogP contribution is 2.10. The van der Waals surface area contributed by atoms with Gasteiger partial charge in [0.2, 0.25) is 0 Å². The van der Waals surface area contributed by atoms with Crippen LogP contribution in [0.15, 0.2) is 0 Å². The summed E-state index contributed by atoms with van der Waals surface area (Å²) >= 11 is 0. The molecule has 0 aliphatic carbocycles. The molecule has 3 unspecified atom stereocenters. The summed E-state index contributed by atoms with van der Waals surface area (Å²) in [6.45, 7) is 4.53. The predicted octanol–water partition coefficient (Wildman–Crippen LogP) is 0.827. The van der Waals surface area contributed by atoms with Crippen LogP contribution >= 0.6 is 0 Å². The first-order valence-electron chi connectivity index (χ1n) is 5.82. The summed E-state index contributed by atoms with van der Waals surface area (Å²) in [5, 5.41) is 3.59. The van der Waals surface area contributed by atoms with E-state index in [1.54, 1.807) is 6.26 Å². The maximum atomic E-state index is 11.1. The molecule has 0 amide bonds. The van der Waals surface area contributed by atoms with Crippen molar-refractivity contribution in [3.05, 3.63) is 0 Å². The number of hydrogen-bond donors (Lipinski definition) is 1. The van der Waals surface area contributed by atoms with Crippen LogP contribution in [0.25, 0.3) is 0 Å². The molecule has 0 spiro atoms. The lowest BCUT2D eigenvalue weighted by atomic mass is 10.1. The van der Waals surface area contributed by atoms with Gasteiger partial charge in [-0.3, -0.25) is 4.21 Å². The Morgan fingerprint density at radius 1 is 1.47 bits per heavy atom. The van der Waals surface area contributed by atoms with Gasteiger partial charge in [-0.1, -0.05) is 0 Å². The molecule has 1 aliphatic heterocycles. The molecule has 3 atom stereocenters. The van der Waals surface area contributed by atoms with Gasteiger partial charge in [-0.2, -0.15) is 0 Å². The van der Waals surface area contributed by atoms with E-state index in [0.717, 1.165) is 5.75 Å². The molecule has 3 nitrogen and oxygen atoms in total. The van der Waals surface area contributed by atoms with E-state index in [-0.39, 0.29) is 0 Å². The fraction of sp³-hybridized carbons (Fsp3) is 1.00. The van der Waals surface area contributed by atoms with Crippen molar-refractivity contribution in [1.29, 1.82) is 0 Å². The lowest BCUT2D eigenvalue weighted by Crippen LogP contribution is -2.39. The highest BCUT2D eigenvalue weighted by atomic mass is 32.2. The fourth-order valence-corrected chi connectivity index (χ4v) is 3.01. The number of likely N-dealkylation sites (tertiary alicyclic amines) is 1. The van der Waals surface area contributed by atoms with E-state index >= 15 is 0 Å². The summed E-state index contributed by atoms with van der Waals surface area (Å²) in [7, 11) is 1.50. The maximum Gasteiger partial charge on any atom is 0.0383 e. The molecular weight excluding hydrogens is 208 g/mol. The second-order valence-corrected chi connectivity index (χ2v) is 6.22. The van der Waals surface area contributed by atoms with Crippen LogP contribution < -0.4 is 5.32 Å². The Labute approximate surface area is 96.1 Å². The van der Waals surface area contributed by atoms with Gasteiger partial charge in [0.15, 0.2) is 0 Å². The predicted molar refractivity (Wildman–Crippen MR) is 66.7 cm³/mol. The van der Waals surface area contributed by atoms with Crippen LogP contribution in [0.1, 0.15) is 26.2 Å². The summed E-state index contributed by atoms with van der Waals surface area (Å²) in [6.07, 6.45) is 5.53. The molecule has 0 aromatic rings. The summed E-state index contributed by atoms with van der Waals surface area (Å²) in [6, 6.07) is 0.998. The largest absolute Gasteiger partial charge is 0.311 e. The van der Waals surface area contributed by atoms with Gasteiger partial charge in [-0.15, -0.1) is 0 Å². The van der Waals surface area contributed by atoms with Crippen molar-refractivity contribution in [3.63, 3.8) is 0 Å². The summed E-state index contributed by atoms with van der Waals surface area (Å²) in [4.78, 5) is 2.39. The zero-order valence-corrected chi connectivity index (χ0v) is 11.0. The Morgan fingerprint density at radius 3 is 2.87 bits per heavy atom. The van der Waals surface area contributed by atoms with Gasteiger partial charge < -0.3 is 10.2 Å². The zero-order valence-electron chi connectivity index (χ0n) is 10.2. The molecule has 15 heavy (non-hydrogen) atoms. The van der Waals surface area contributed by atoms with E-state index in [4.69, 9.17) is 0 Å². The summed E-state index contributed by atoms with van der Waals surface area (Å²) in [5.74, 6) is 0.770. The third-order valence-corrected chi connectivity index (χ3v) is 3.93. The van der Waals surface area contributed by atoms with Gasteiger partial charge in [0.1, 0.15) is 0 Å². The van der Waals surface area contributed by atoms with Crippen molar-refractivity contribution in [2.24, 2.45) is 0 Å². The number of hydrogen-bond acceptors (Lipinski definition) is 3. The molecule has 1 rings (SSSR count). The first kappa shape index (κ1) is 13.1. The van der Waals surface area contributed by atoms with Crippen molar-refractivity contribution in [3.8, 4) is 0 Å². The van der Waals surface area contributed by atoms with Gasteiger partial charge in [-0.25, -0.2) is 0 Å². The number of nitrogens with zero attached hydrogens (tertiary/aromatic N) is 1. The van der Waals surface area contributed by atoms with E-state index in [1.165, 1.54) is 32.4 Å².